The lowest BCUT2D eigenvalue weighted by Gasteiger charge is -2.23. The fourth-order valence-corrected chi connectivity index (χ4v) is 1.88. The molecule has 2 rings (SSSR count). The average Bonchev–Trinajstić information content (AvgIpc) is 2.42. The Kier molecular flexibility index (Phi) is 4.32. The molecule has 21 heavy (non-hydrogen) atoms. The van der Waals surface area contributed by atoms with Crippen molar-refractivity contribution in [2.24, 2.45) is 0 Å². The molecule has 0 fully saturated rings. The summed E-state index contributed by atoms with van der Waals surface area (Å²) in [5, 5.41) is 2.69. The first-order valence-electron chi connectivity index (χ1n) is 5.93. The minimum Gasteiger partial charge on any atom is -0.483 e. The number of anilines is 1. The monoisotopic (exact) mass is 321 g/mol. The molecule has 0 radical (unpaired) electrons. The predicted octanol–water partition coefficient (Wildman–Crippen LogP) is 3.41. The van der Waals surface area contributed by atoms with Crippen molar-refractivity contribution in [3.63, 3.8) is 0 Å². The van der Waals surface area contributed by atoms with Crippen LogP contribution in [-0.2, 0) is 14.3 Å². The van der Waals surface area contributed by atoms with E-state index >= 15 is 0 Å². The van der Waals surface area contributed by atoms with Crippen molar-refractivity contribution in [3.8, 4) is 0 Å². The number of alkyl halides is 3. The molecule has 0 aromatic heterocycles. The Hall–Kier alpha value is -1.89. The van der Waals surface area contributed by atoms with Crippen molar-refractivity contribution in [2.45, 2.75) is 13.1 Å². The molecule has 1 aliphatic heterocycles. The van der Waals surface area contributed by atoms with E-state index in [1.807, 2.05) is 0 Å². The first kappa shape index (κ1) is 15.5. The highest BCUT2D eigenvalue weighted by molar-refractivity contribution is 6.31. The molecule has 1 aromatic rings. The summed E-state index contributed by atoms with van der Waals surface area (Å²) in [7, 11) is 0. The highest BCUT2D eigenvalue weighted by Crippen LogP contribution is 2.32. The van der Waals surface area contributed by atoms with Gasteiger partial charge in [0.1, 0.15) is 13.2 Å². The van der Waals surface area contributed by atoms with Crippen molar-refractivity contribution < 1.29 is 27.4 Å². The molecule has 0 spiro atoms. The largest absolute Gasteiger partial charge is 0.483 e. The first-order valence-corrected chi connectivity index (χ1v) is 6.31. The van der Waals surface area contributed by atoms with E-state index in [4.69, 9.17) is 16.3 Å². The van der Waals surface area contributed by atoms with Crippen molar-refractivity contribution in [1.82, 2.24) is 0 Å². The molecule has 4 nitrogen and oxygen atoms in total. The zero-order valence-electron chi connectivity index (χ0n) is 10.9. The van der Waals surface area contributed by atoms with Gasteiger partial charge in [-0.15, -0.1) is 0 Å². The quantitative estimate of drug-likeness (QED) is 0.908. The Balaban J connectivity index is 2.30. The zero-order valence-corrected chi connectivity index (χ0v) is 11.6. The minimum absolute atomic E-state index is 0.128. The molecule has 0 aliphatic carbocycles. The average molecular weight is 322 g/mol. The third-order valence-corrected chi connectivity index (χ3v) is 2.93. The molecule has 1 aromatic carbocycles. The third kappa shape index (κ3) is 3.60. The summed E-state index contributed by atoms with van der Waals surface area (Å²) >= 11 is 5.79. The molecule has 0 saturated carbocycles. The summed E-state index contributed by atoms with van der Waals surface area (Å²) in [4.78, 5) is 12.0. The number of allylic oxidation sites excluding steroid dienone is 1. The lowest BCUT2D eigenvalue weighted by molar-refractivity contribution is -0.151. The second kappa shape index (κ2) is 5.85. The summed E-state index contributed by atoms with van der Waals surface area (Å²) < 4.78 is 47.6. The number of carbonyl (C=O) groups is 1. The molecular formula is C13H11ClF3NO3. The van der Waals surface area contributed by atoms with Crippen LogP contribution in [0.4, 0.5) is 18.9 Å². The lowest BCUT2D eigenvalue weighted by atomic mass is 10.2. The maximum Gasteiger partial charge on any atom is 0.453 e. The van der Waals surface area contributed by atoms with Crippen LogP contribution in [0.25, 0.3) is 0 Å². The van der Waals surface area contributed by atoms with Gasteiger partial charge in [0.05, 0.1) is 0 Å². The smallest absolute Gasteiger partial charge is 0.453 e. The maximum atomic E-state index is 12.8. The van der Waals surface area contributed by atoms with E-state index in [1.54, 1.807) is 19.1 Å². The Labute approximate surface area is 123 Å². The van der Waals surface area contributed by atoms with Crippen molar-refractivity contribution >= 4 is 23.2 Å². The van der Waals surface area contributed by atoms with Gasteiger partial charge in [-0.25, -0.2) is 0 Å². The number of ether oxygens (including phenoxy) is 2. The molecule has 114 valence electrons. The molecule has 0 atom stereocenters. The molecule has 1 amide bonds. The Morgan fingerprint density at radius 1 is 1.29 bits per heavy atom. The number of halogens is 4. The van der Waals surface area contributed by atoms with Crippen LogP contribution in [0.3, 0.4) is 0 Å². The van der Waals surface area contributed by atoms with Crippen LogP contribution in [0.5, 0.6) is 0 Å². The highest BCUT2D eigenvalue weighted by atomic mass is 35.5. The number of aryl methyl sites for hydroxylation is 1. The van der Waals surface area contributed by atoms with Gasteiger partial charge in [-0.05, 0) is 24.6 Å². The van der Waals surface area contributed by atoms with Gasteiger partial charge in [0.2, 0.25) is 11.5 Å². The molecular weight excluding hydrogens is 311 g/mol. The van der Waals surface area contributed by atoms with Gasteiger partial charge in [0, 0.05) is 10.7 Å². The van der Waals surface area contributed by atoms with Crippen LogP contribution in [0, 0.1) is 6.92 Å². The van der Waals surface area contributed by atoms with Crippen LogP contribution in [0.1, 0.15) is 5.56 Å². The van der Waals surface area contributed by atoms with Crippen molar-refractivity contribution in [2.75, 3.05) is 18.5 Å². The number of amides is 1. The van der Waals surface area contributed by atoms with Crippen molar-refractivity contribution in [1.29, 1.82) is 0 Å². The molecule has 1 heterocycles. The van der Waals surface area contributed by atoms with E-state index in [1.165, 1.54) is 6.07 Å². The van der Waals surface area contributed by atoms with Gasteiger partial charge < -0.3 is 14.8 Å². The third-order valence-electron chi connectivity index (χ3n) is 2.69. The second-order valence-corrected chi connectivity index (χ2v) is 4.70. The number of rotatable bonds is 2. The van der Waals surface area contributed by atoms with Gasteiger partial charge in [0.25, 0.3) is 5.91 Å². The second-order valence-electron chi connectivity index (χ2n) is 4.27. The normalized spacial score (nSPS) is 15.3. The summed E-state index contributed by atoms with van der Waals surface area (Å²) in [6.07, 6.45) is -4.80. The van der Waals surface area contributed by atoms with E-state index in [2.05, 4.69) is 10.1 Å². The predicted molar refractivity (Wildman–Crippen MR) is 69.8 cm³/mol. The van der Waals surface area contributed by atoms with E-state index in [0.717, 1.165) is 0 Å². The molecule has 0 bridgehead atoms. The number of benzene rings is 1. The number of nitrogens with one attached hydrogen (secondary N) is 1. The van der Waals surface area contributed by atoms with Gasteiger partial charge in [-0.3, -0.25) is 4.79 Å². The van der Waals surface area contributed by atoms with Gasteiger partial charge in [-0.2, -0.15) is 13.2 Å². The number of hydrogen-bond donors (Lipinski definition) is 1. The summed E-state index contributed by atoms with van der Waals surface area (Å²) in [6.45, 7) is 1.29. The molecule has 0 saturated heterocycles. The highest BCUT2D eigenvalue weighted by Gasteiger charge is 2.43. The van der Waals surface area contributed by atoms with Crippen molar-refractivity contribution in [3.05, 3.63) is 40.3 Å². The van der Waals surface area contributed by atoms with E-state index in [9.17, 15) is 18.0 Å². The topological polar surface area (TPSA) is 47.6 Å². The van der Waals surface area contributed by atoms with Gasteiger partial charge in [-0.1, -0.05) is 17.7 Å². The van der Waals surface area contributed by atoms with Crippen LogP contribution in [-0.4, -0.2) is 25.3 Å². The van der Waals surface area contributed by atoms with Gasteiger partial charge >= 0.3 is 6.18 Å². The van der Waals surface area contributed by atoms with Gasteiger partial charge in [0.15, 0.2) is 0 Å². The number of carbonyl (C=O) groups excluding carboxylic acids is 1. The Morgan fingerprint density at radius 3 is 2.62 bits per heavy atom. The summed E-state index contributed by atoms with van der Waals surface area (Å²) in [5.41, 5.74) is 0.953. The molecule has 1 N–H and O–H groups in total. The van der Waals surface area contributed by atoms with Crippen LogP contribution >= 0.6 is 11.6 Å². The zero-order chi connectivity index (χ0) is 15.6. The van der Waals surface area contributed by atoms with E-state index in [0.29, 0.717) is 16.3 Å². The first-order chi connectivity index (χ1) is 9.79. The number of hydrogen-bond acceptors (Lipinski definition) is 3. The fourth-order valence-electron chi connectivity index (χ4n) is 1.71. The van der Waals surface area contributed by atoms with E-state index < -0.39 is 23.6 Å². The standard InChI is InChI=1S/C13H11ClF3NO3/c1-7-2-3-8(14)6-9(7)18-12(19)10-11(13(15,16)17)21-5-4-20-10/h2-3,6H,4-5H2,1H3,(H,18,19). The Bertz CT molecular complexity index is 599. The molecule has 8 heteroatoms. The summed E-state index contributed by atoms with van der Waals surface area (Å²) in [5.74, 6) is -3.34. The Morgan fingerprint density at radius 2 is 1.95 bits per heavy atom. The van der Waals surface area contributed by atoms with Crippen LogP contribution in [0.2, 0.25) is 5.02 Å². The SMILES string of the molecule is Cc1ccc(Cl)cc1NC(=O)C1=C(C(F)(F)F)OCCO1. The van der Waals surface area contributed by atoms with E-state index in [-0.39, 0.29) is 13.2 Å². The summed E-state index contributed by atoms with van der Waals surface area (Å²) in [6, 6.07) is 4.68. The van der Waals surface area contributed by atoms with Crippen LogP contribution in [0.15, 0.2) is 29.7 Å². The molecule has 1 aliphatic rings. The minimum atomic E-state index is -4.80. The van der Waals surface area contributed by atoms with Crippen LogP contribution < -0.4 is 5.32 Å². The lowest BCUT2D eigenvalue weighted by Crippen LogP contribution is -2.30. The molecule has 0 unspecified atom stereocenters. The fraction of sp³-hybridized carbons (Fsp3) is 0.308. The maximum absolute atomic E-state index is 12.8.